The molecule has 122 valence electrons. The molecule has 1 aromatic rings. The fraction of sp³-hybridized carbons (Fsp3) is 0.600. The summed E-state index contributed by atoms with van der Waals surface area (Å²) in [4.78, 5) is 0. The summed E-state index contributed by atoms with van der Waals surface area (Å²) >= 11 is 0. The predicted octanol–water partition coefficient (Wildman–Crippen LogP) is 1.17. The number of hydrogen-bond acceptors (Lipinski definition) is 5. The number of nitrogens with zero attached hydrogens (tertiary/aromatic N) is 1. The van der Waals surface area contributed by atoms with Crippen molar-refractivity contribution in [1.82, 2.24) is 9.62 Å². The first-order valence-corrected chi connectivity index (χ1v) is 9.36. The van der Waals surface area contributed by atoms with Crippen LogP contribution in [0, 0.1) is 5.92 Å². The molecule has 2 aliphatic rings. The van der Waals surface area contributed by atoms with Crippen LogP contribution in [0.2, 0.25) is 0 Å². The minimum Gasteiger partial charge on any atom is -0.454 e. The lowest BCUT2D eigenvalue weighted by Gasteiger charge is -2.36. The van der Waals surface area contributed by atoms with Crippen LogP contribution >= 0.6 is 0 Å². The van der Waals surface area contributed by atoms with Crippen LogP contribution in [0.5, 0.6) is 11.5 Å². The topological polar surface area (TPSA) is 67.9 Å². The normalized spacial score (nSPS) is 25.4. The monoisotopic (exact) mass is 326 g/mol. The van der Waals surface area contributed by atoms with E-state index in [1.165, 1.54) is 6.26 Å². The SMILES string of the molecule is C[C@H]1CN(S(C)(=O)=O)CC[C@@H]1NCc1cccc2c1OCO2. The summed E-state index contributed by atoms with van der Waals surface area (Å²) in [5.41, 5.74) is 1.08. The van der Waals surface area contributed by atoms with Crippen LogP contribution in [0.4, 0.5) is 0 Å². The van der Waals surface area contributed by atoms with Gasteiger partial charge in [0, 0.05) is 31.2 Å². The summed E-state index contributed by atoms with van der Waals surface area (Å²) in [6.45, 7) is 4.20. The third-order valence-electron chi connectivity index (χ3n) is 4.37. The second-order valence-corrected chi connectivity index (χ2v) is 8.01. The Labute approximate surface area is 131 Å². The van der Waals surface area contributed by atoms with Gasteiger partial charge in [-0.1, -0.05) is 19.1 Å². The maximum absolute atomic E-state index is 11.6. The van der Waals surface area contributed by atoms with Gasteiger partial charge in [0.25, 0.3) is 0 Å². The van der Waals surface area contributed by atoms with Crippen LogP contribution in [0.15, 0.2) is 18.2 Å². The van der Waals surface area contributed by atoms with Crippen molar-refractivity contribution in [2.75, 3.05) is 26.1 Å². The molecule has 0 bridgehead atoms. The number of nitrogens with one attached hydrogen (secondary N) is 1. The Kier molecular flexibility index (Phi) is 4.29. The summed E-state index contributed by atoms with van der Waals surface area (Å²) in [7, 11) is -3.09. The summed E-state index contributed by atoms with van der Waals surface area (Å²) in [5, 5.41) is 3.53. The molecule has 2 aliphatic heterocycles. The number of hydrogen-bond donors (Lipinski definition) is 1. The molecule has 6 nitrogen and oxygen atoms in total. The predicted molar refractivity (Wildman–Crippen MR) is 83.4 cm³/mol. The molecule has 0 unspecified atom stereocenters. The number of rotatable bonds is 4. The van der Waals surface area contributed by atoms with Gasteiger partial charge in [-0.3, -0.25) is 0 Å². The number of sulfonamides is 1. The van der Waals surface area contributed by atoms with Crippen LogP contribution in [0.25, 0.3) is 0 Å². The van der Waals surface area contributed by atoms with Crippen molar-refractivity contribution in [3.8, 4) is 11.5 Å². The lowest BCUT2D eigenvalue weighted by Crippen LogP contribution is -2.49. The van der Waals surface area contributed by atoms with Crippen molar-refractivity contribution < 1.29 is 17.9 Å². The van der Waals surface area contributed by atoms with Crippen molar-refractivity contribution in [3.63, 3.8) is 0 Å². The zero-order valence-corrected chi connectivity index (χ0v) is 13.7. The van der Waals surface area contributed by atoms with Gasteiger partial charge in [0.05, 0.1) is 6.26 Å². The molecule has 0 aliphatic carbocycles. The molecular formula is C15H22N2O4S. The summed E-state index contributed by atoms with van der Waals surface area (Å²) in [5.74, 6) is 1.88. The molecule has 1 saturated heterocycles. The smallest absolute Gasteiger partial charge is 0.231 e. The highest BCUT2D eigenvalue weighted by molar-refractivity contribution is 7.88. The van der Waals surface area contributed by atoms with E-state index in [1.54, 1.807) is 4.31 Å². The standard InChI is InChI=1S/C15H22N2O4S/c1-11-9-17(22(2,18)19)7-6-13(11)16-8-12-4-3-5-14-15(12)21-10-20-14/h3-5,11,13,16H,6-10H2,1-2H3/t11-,13-/m0/s1. The molecule has 0 spiro atoms. The van der Waals surface area contributed by atoms with Gasteiger partial charge >= 0.3 is 0 Å². The number of benzene rings is 1. The molecule has 3 rings (SSSR count). The van der Waals surface area contributed by atoms with Gasteiger partial charge in [0.2, 0.25) is 16.8 Å². The Morgan fingerprint density at radius 2 is 2.18 bits per heavy atom. The highest BCUT2D eigenvalue weighted by Gasteiger charge is 2.30. The molecule has 0 aromatic heterocycles. The van der Waals surface area contributed by atoms with E-state index in [1.807, 2.05) is 18.2 Å². The van der Waals surface area contributed by atoms with Crippen molar-refractivity contribution in [2.45, 2.75) is 25.9 Å². The van der Waals surface area contributed by atoms with E-state index in [9.17, 15) is 8.42 Å². The van der Waals surface area contributed by atoms with E-state index in [0.717, 1.165) is 23.5 Å². The maximum Gasteiger partial charge on any atom is 0.231 e. The zero-order valence-electron chi connectivity index (χ0n) is 12.9. The minimum absolute atomic E-state index is 0.273. The Morgan fingerprint density at radius 1 is 1.36 bits per heavy atom. The van der Waals surface area contributed by atoms with Crippen LogP contribution in [-0.2, 0) is 16.6 Å². The molecule has 0 radical (unpaired) electrons. The van der Waals surface area contributed by atoms with Crippen LogP contribution < -0.4 is 14.8 Å². The van der Waals surface area contributed by atoms with Gasteiger partial charge in [-0.25, -0.2) is 12.7 Å². The Hall–Kier alpha value is -1.31. The summed E-state index contributed by atoms with van der Waals surface area (Å²) in [6, 6.07) is 6.19. The molecule has 1 N–H and O–H groups in total. The molecule has 0 amide bonds. The number of piperidine rings is 1. The van der Waals surface area contributed by atoms with Crippen molar-refractivity contribution in [1.29, 1.82) is 0 Å². The lowest BCUT2D eigenvalue weighted by atomic mass is 9.95. The third-order valence-corrected chi connectivity index (χ3v) is 5.64. The van der Waals surface area contributed by atoms with Gasteiger partial charge in [0.1, 0.15) is 0 Å². The molecule has 1 fully saturated rings. The number of fused-ring (bicyclic) bond motifs is 1. The summed E-state index contributed by atoms with van der Waals surface area (Å²) in [6.07, 6.45) is 2.10. The molecule has 22 heavy (non-hydrogen) atoms. The van der Waals surface area contributed by atoms with Gasteiger partial charge in [-0.15, -0.1) is 0 Å². The third kappa shape index (κ3) is 3.21. The second kappa shape index (κ2) is 6.06. The Balaban J connectivity index is 1.60. The Bertz CT molecular complexity index is 647. The molecule has 2 heterocycles. The highest BCUT2D eigenvalue weighted by Crippen LogP contribution is 2.35. The fourth-order valence-corrected chi connectivity index (χ4v) is 4.03. The van der Waals surface area contributed by atoms with Gasteiger partial charge < -0.3 is 14.8 Å². The quantitative estimate of drug-likeness (QED) is 0.900. The van der Waals surface area contributed by atoms with E-state index >= 15 is 0 Å². The van der Waals surface area contributed by atoms with Gasteiger partial charge in [-0.2, -0.15) is 0 Å². The van der Waals surface area contributed by atoms with Crippen molar-refractivity contribution in [3.05, 3.63) is 23.8 Å². The van der Waals surface area contributed by atoms with Gasteiger partial charge in [0.15, 0.2) is 11.5 Å². The molecule has 7 heteroatoms. The molecular weight excluding hydrogens is 304 g/mol. The van der Waals surface area contributed by atoms with E-state index in [0.29, 0.717) is 25.7 Å². The van der Waals surface area contributed by atoms with E-state index in [-0.39, 0.29) is 12.7 Å². The van der Waals surface area contributed by atoms with Crippen LogP contribution in [-0.4, -0.2) is 44.9 Å². The average molecular weight is 326 g/mol. The fourth-order valence-electron chi connectivity index (χ4n) is 3.08. The minimum atomic E-state index is -3.09. The van der Waals surface area contributed by atoms with Crippen LogP contribution in [0.3, 0.4) is 0 Å². The van der Waals surface area contributed by atoms with Crippen molar-refractivity contribution in [2.24, 2.45) is 5.92 Å². The summed E-state index contributed by atoms with van der Waals surface area (Å²) < 4.78 is 35.7. The lowest BCUT2D eigenvalue weighted by molar-refractivity contribution is 0.172. The second-order valence-electron chi connectivity index (χ2n) is 6.03. The molecule has 1 aromatic carbocycles. The maximum atomic E-state index is 11.6. The number of para-hydroxylation sites is 1. The first-order valence-electron chi connectivity index (χ1n) is 7.51. The first kappa shape index (κ1) is 15.6. The largest absolute Gasteiger partial charge is 0.454 e. The highest BCUT2D eigenvalue weighted by atomic mass is 32.2. The number of ether oxygens (including phenoxy) is 2. The zero-order chi connectivity index (χ0) is 15.7. The van der Waals surface area contributed by atoms with E-state index < -0.39 is 10.0 Å². The first-order chi connectivity index (χ1) is 10.4. The van der Waals surface area contributed by atoms with Crippen LogP contribution in [0.1, 0.15) is 18.9 Å². The van der Waals surface area contributed by atoms with Crippen molar-refractivity contribution >= 4 is 10.0 Å². The molecule has 0 saturated carbocycles. The molecule has 2 atom stereocenters. The van der Waals surface area contributed by atoms with E-state index in [4.69, 9.17) is 9.47 Å². The van der Waals surface area contributed by atoms with E-state index in [2.05, 4.69) is 12.2 Å². The average Bonchev–Trinajstić information content (AvgIpc) is 2.94. The Morgan fingerprint density at radius 3 is 2.91 bits per heavy atom. The van der Waals surface area contributed by atoms with Gasteiger partial charge in [-0.05, 0) is 18.4 Å².